The molecule has 1 aromatic heterocycles. The summed E-state index contributed by atoms with van der Waals surface area (Å²) in [5, 5.41) is 1.07. The molecule has 25 heavy (non-hydrogen) atoms. The first-order chi connectivity index (χ1) is 12.1. The molecule has 2 aromatic carbocycles. The van der Waals surface area contributed by atoms with E-state index in [1.807, 2.05) is 18.2 Å². The van der Waals surface area contributed by atoms with Crippen LogP contribution in [-0.2, 0) is 17.6 Å². The zero-order valence-electron chi connectivity index (χ0n) is 14.8. The average molecular weight is 334 g/mol. The van der Waals surface area contributed by atoms with Crippen LogP contribution in [0.15, 0.2) is 46.9 Å². The first kappa shape index (κ1) is 15.9. The van der Waals surface area contributed by atoms with E-state index >= 15 is 0 Å². The molecule has 1 heterocycles. The van der Waals surface area contributed by atoms with Crippen LogP contribution in [0.4, 0.5) is 0 Å². The maximum Gasteiger partial charge on any atom is 0.134 e. The van der Waals surface area contributed by atoms with Crippen molar-refractivity contribution in [1.29, 1.82) is 0 Å². The van der Waals surface area contributed by atoms with Crippen molar-refractivity contribution in [3.8, 4) is 5.75 Å². The molecule has 0 saturated carbocycles. The molecular weight excluding hydrogens is 312 g/mol. The lowest BCUT2D eigenvalue weighted by molar-refractivity contribution is -0.121. The van der Waals surface area contributed by atoms with Crippen LogP contribution in [0, 0.1) is 12.8 Å². The van der Waals surface area contributed by atoms with Gasteiger partial charge in [-0.3, -0.25) is 4.79 Å². The van der Waals surface area contributed by atoms with Gasteiger partial charge in [-0.25, -0.2) is 0 Å². The minimum atomic E-state index is -0.0118. The number of hydrogen-bond donors (Lipinski definition) is 0. The SMILES string of the molecule is COc1ccc2oc3c(c2c1)C[C@@H](C(C)=O)[C@H](c1ccc(C)cc1)C3. The van der Waals surface area contributed by atoms with E-state index in [1.165, 1.54) is 11.1 Å². The van der Waals surface area contributed by atoms with Gasteiger partial charge in [0.15, 0.2) is 0 Å². The number of fused-ring (bicyclic) bond motifs is 3. The predicted molar refractivity (Wildman–Crippen MR) is 98.3 cm³/mol. The number of ether oxygens (including phenoxy) is 1. The number of furan rings is 1. The number of hydrogen-bond acceptors (Lipinski definition) is 3. The van der Waals surface area contributed by atoms with E-state index in [4.69, 9.17) is 9.15 Å². The molecule has 128 valence electrons. The van der Waals surface area contributed by atoms with Gasteiger partial charge in [0.1, 0.15) is 22.9 Å². The topological polar surface area (TPSA) is 39.4 Å². The zero-order valence-corrected chi connectivity index (χ0v) is 14.8. The molecular formula is C22H22O3. The quantitative estimate of drug-likeness (QED) is 0.688. The maximum atomic E-state index is 12.4. The summed E-state index contributed by atoms with van der Waals surface area (Å²) in [4.78, 5) is 12.4. The summed E-state index contributed by atoms with van der Waals surface area (Å²) in [5.41, 5.74) is 4.49. The maximum absolute atomic E-state index is 12.4. The molecule has 4 rings (SSSR count). The van der Waals surface area contributed by atoms with Gasteiger partial charge < -0.3 is 9.15 Å². The van der Waals surface area contributed by atoms with Gasteiger partial charge in [0.05, 0.1) is 7.11 Å². The fraction of sp³-hybridized carbons (Fsp3) is 0.318. The Labute approximate surface area is 147 Å². The average Bonchev–Trinajstić information content (AvgIpc) is 2.97. The highest BCUT2D eigenvalue weighted by atomic mass is 16.5. The van der Waals surface area contributed by atoms with Gasteiger partial charge in [0.2, 0.25) is 0 Å². The Balaban J connectivity index is 1.80. The molecule has 0 saturated heterocycles. The molecule has 0 bridgehead atoms. The molecule has 0 fully saturated rings. The molecule has 2 atom stereocenters. The minimum Gasteiger partial charge on any atom is -0.497 e. The highest BCUT2D eigenvalue weighted by molar-refractivity contribution is 5.86. The second kappa shape index (κ2) is 6.07. The Bertz CT molecular complexity index is 934. The molecule has 0 N–H and O–H groups in total. The van der Waals surface area contributed by atoms with E-state index in [2.05, 4.69) is 31.2 Å². The van der Waals surface area contributed by atoms with Crippen LogP contribution in [0.25, 0.3) is 11.0 Å². The van der Waals surface area contributed by atoms with Gasteiger partial charge in [-0.1, -0.05) is 29.8 Å². The second-order valence-corrected chi connectivity index (χ2v) is 7.01. The van der Waals surface area contributed by atoms with Crippen LogP contribution in [0.2, 0.25) is 0 Å². The summed E-state index contributed by atoms with van der Waals surface area (Å²) in [7, 11) is 1.67. The third-order valence-electron chi connectivity index (χ3n) is 5.42. The molecule has 0 spiro atoms. The summed E-state index contributed by atoms with van der Waals surface area (Å²) >= 11 is 0. The highest BCUT2D eigenvalue weighted by Crippen LogP contribution is 2.42. The predicted octanol–water partition coefficient (Wildman–Crippen LogP) is 4.84. The van der Waals surface area contributed by atoms with Gasteiger partial charge in [0.25, 0.3) is 0 Å². The molecule has 1 aliphatic rings. The number of benzene rings is 2. The number of ketones is 1. The summed E-state index contributed by atoms with van der Waals surface area (Å²) in [5.74, 6) is 2.23. The van der Waals surface area contributed by atoms with E-state index in [-0.39, 0.29) is 17.6 Å². The molecule has 0 amide bonds. The zero-order chi connectivity index (χ0) is 17.6. The van der Waals surface area contributed by atoms with E-state index in [9.17, 15) is 4.79 Å². The van der Waals surface area contributed by atoms with Crippen molar-refractivity contribution in [3.05, 3.63) is 64.9 Å². The van der Waals surface area contributed by atoms with Gasteiger partial charge in [-0.05, 0) is 44.0 Å². The number of methoxy groups -OCH3 is 1. The number of aryl methyl sites for hydroxylation is 1. The van der Waals surface area contributed by atoms with Gasteiger partial charge in [0, 0.05) is 29.2 Å². The normalized spacial score (nSPS) is 19.6. The molecule has 3 nitrogen and oxygen atoms in total. The third-order valence-corrected chi connectivity index (χ3v) is 5.42. The summed E-state index contributed by atoms with van der Waals surface area (Å²) in [6.45, 7) is 3.79. The third kappa shape index (κ3) is 2.74. The molecule has 0 unspecified atom stereocenters. The van der Waals surface area contributed by atoms with Crippen molar-refractivity contribution < 1.29 is 13.9 Å². The largest absolute Gasteiger partial charge is 0.497 e. The lowest BCUT2D eigenvalue weighted by atomic mass is 9.73. The smallest absolute Gasteiger partial charge is 0.134 e. The van der Waals surface area contributed by atoms with Crippen LogP contribution in [0.5, 0.6) is 5.75 Å². The Kier molecular flexibility index (Phi) is 3.87. The Morgan fingerprint density at radius 1 is 1.12 bits per heavy atom. The van der Waals surface area contributed by atoms with E-state index in [1.54, 1.807) is 14.0 Å². The van der Waals surface area contributed by atoms with Crippen molar-refractivity contribution >= 4 is 16.8 Å². The Morgan fingerprint density at radius 2 is 1.88 bits per heavy atom. The first-order valence-corrected chi connectivity index (χ1v) is 8.72. The number of rotatable bonds is 3. The van der Waals surface area contributed by atoms with E-state index in [0.29, 0.717) is 0 Å². The highest BCUT2D eigenvalue weighted by Gasteiger charge is 2.35. The van der Waals surface area contributed by atoms with Crippen LogP contribution < -0.4 is 4.74 Å². The van der Waals surface area contributed by atoms with Crippen LogP contribution >= 0.6 is 0 Å². The van der Waals surface area contributed by atoms with Crippen LogP contribution in [0.3, 0.4) is 0 Å². The Morgan fingerprint density at radius 3 is 2.56 bits per heavy atom. The van der Waals surface area contributed by atoms with Crippen LogP contribution in [0.1, 0.15) is 35.3 Å². The molecule has 3 heteroatoms. The lowest BCUT2D eigenvalue weighted by Gasteiger charge is -2.29. The van der Waals surface area contributed by atoms with Crippen molar-refractivity contribution in [2.45, 2.75) is 32.6 Å². The Hall–Kier alpha value is -2.55. The fourth-order valence-electron chi connectivity index (χ4n) is 3.99. The fourth-order valence-corrected chi connectivity index (χ4v) is 3.99. The van der Waals surface area contributed by atoms with Crippen LogP contribution in [-0.4, -0.2) is 12.9 Å². The molecule has 0 radical (unpaired) electrons. The van der Waals surface area contributed by atoms with Crippen molar-refractivity contribution in [3.63, 3.8) is 0 Å². The minimum absolute atomic E-state index is 0.0118. The van der Waals surface area contributed by atoms with Gasteiger partial charge >= 0.3 is 0 Å². The van der Waals surface area contributed by atoms with Crippen molar-refractivity contribution in [2.75, 3.05) is 7.11 Å². The van der Waals surface area contributed by atoms with Gasteiger partial charge in [-0.15, -0.1) is 0 Å². The lowest BCUT2D eigenvalue weighted by Crippen LogP contribution is -2.28. The standard InChI is InChI=1S/C22H22O3/c1-13-4-6-15(7-5-13)18-12-22-20(11-17(18)14(2)23)19-10-16(24-3)8-9-21(19)25-22/h4-10,17-18H,11-12H2,1-3H3/t17-,18-/m0/s1. The summed E-state index contributed by atoms with van der Waals surface area (Å²) in [6.07, 6.45) is 1.49. The molecule has 3 aromatic rings. The monoisotopic (exact) mass is 334 g/mol. The summed E-state index contributed by atoms with van der Waals surface area (Å²) in [6, 6.07) is 14.4. The van der Waals surface area contributed by atoms with Gasteiger partial charge in [-0.2, -0.15) is 0 Å². The molecule has 0 aliphatic heterocycles. The first-order valence-electron chi connectivity index (χ1n) is 8.72. The molecule has 1 aliphatic carbocycles. The number of Topliss-reactive ketones (excluding diaryl/α,β-unsaturated/α-hetero) is 1. The van der Waals surface area contributed by atoms with Crippen molar-refractivity contribution in [1.82, 2.24) is 0 Å². The number of carbonyl (C=O) groups is 1. The second-order valence-electron chi connectivity index (χ2n) is 7.01. The van der Waals surface area contributed by atoms with Crippen molar-refractivity contribution in [2.24, 2.45) is 5.92 Å². The number of carbonyl (C=O) groups excluding carboxylic acids is 1. The van der Waals surface area contributed by atoms with E-state index < -0.39 is 0 Å². The summed E-state index contributed by atoms with van der Waals surface area (Å²) < 4.78 is 11.5. The van der Waals surface area contributed by atoms with E-state index in [0.717, 1.165) is 40.9 Å².